The van der Waals surface area contributed by atoms with Crippen molar-refractivity contribution in [1.82, 2.24) is 0 Å². The summed E-state index contributed by atoms with van der Waals surface area (Å²) < 4.78 is 32.8. The van der Waals surface area contributed by atoms with Crippen LogP contribution in [0.3, 0.4) is 0 Å². The van der Waals surface area contributed by atoms with E-state index in [9.17, 15) is 19.2 Å². The number of hydrogen-bond donors (Lipinski definition) is 2. The molecule has 218 valence electrons. The van der Waals surface area contributed by atoms with Crippen molar-refractivity contribution in [2.75, 3.05) is 26.4 Å². The molecule has 2 heterocycles. The van der Waals surface area contributed by atoms with Crippen LogP contribution in [0.1, 0.15) is 78.1 Å². The summed E-state index contributed by atoms with van der Waals surface area (Å²) >= 11 is 0. The van der Waals surface area contributed by atoms with Crippen LogP contribution in [0, 0.1) is 0 Å². The van der Waals surface area contributed by atoms with Gasteiger partial charge in [-0.1, -0.05) is 12.8 Å². The van der Waals surface area contributed by atoms with E-state index in [1.165, 1.54) is 0 Å². The van der Waals surface area contributed by atoms with Crippen LogP contribution in [-0.2, 0) is 47.6 Å². The summed E-state index contributed by atoms with van der Waals surface area (Å²) in [6.45, 7) is 3.55. The zero-order chi connectivity index (χ0) is 27.9. The summed E-state index contributed by atoms with van der Waals surface area (Å²) in [5, 5.41) is 17.5. The average molecular weight is 547 g/mol. The van der Waals surface area contributed by atoms with Crippen LogP contribution in [0.2, 0.25) is 0 Å². The van der Waals surface area contributed by atoms with Crippen LogP contribution in [-0.4, -0.2) is 97.1 Å². The van der Waals surface area contributed by atoms with Gasteiger partial charge in [0, 0.05) is 26.1 Å². The Morgan fingerprint density at radius 3 is 1.42 bits per heavy atom. The van der Waals surface area contributed by atoms with E-state index in [1.54, 1.807) is 13.8 Å². The second-order valence-electron chi connectivity index (χ2n) is 9.73. The minimum absolute atomic E-state index is 0.0818. The molecule has 2 N–H and O–H groups in total. The number of aliphatic hydroxyl groups is 2. The van der Waals surface area contributed by atoms with Gasteiger partial charge in [0.2, 0.25) is 0 Å². The van der Waals surface area contributed by atoms with E-state index in [4.69, 9.17) is 38.6 Å². The van der Waals surface area contributed by atoms with Gasteiger partial charge in [-0.2, -0.15) is 0 Å². The Morgan fingerprint density at radius 1 is 0.658 bits per heavy atom. The second-order valence-corrected chi connectivity index (χ2v) is 9.73. The van der Waals surface area contributed by atoms with Crippen molar-refractivity contribution in [3.8, 4) is 0 Å². The van der Waals surface area contributed by atoms with E-state index >= 15 is 0 Å². The van der Waals surface area contributed by atoms with Crippen LogP contribution in [0.4, 0.5) is 0 Å². The summed E-state index contributed by atoms with van der Waals surface area (Å²) in [5.41, 5.74) is 0. The molecule has 2 aliphatic heterocycles. The maximum Gasteiger partial charge on any atom is 0.309 e. The monoisotopic (exact) mass is 546 g/mol. The number of carbonyl (C=O) groups is 4. The van der Waals surface area contributed by atoms with Crippen molar-refractivity contribution in [2.45, 2.75) is 115 Å². The minimum Gasteiger partial charge on any atom is -0.462 e. The Morgan fingerprint density at radius 2 is 1.05 bits per heavy atom. The van der Waals surface area contributed by atoms with Gasteiger partial charge in [0.1, 0.15) is 24.4 Å². The molecule has 0 aromatic heterocycles. The van der Waals surface area contributed by atoms with Gasteiger partial charge in [0.15, 0.2) is 12.2 Å². The molecule has 0 aromatic carbocycles. The molecule has 2 saturated heterocycles. The molecule has 0 aromatic rings. The van der Waals surface area contributed by atoms with E-state index < -0.39 is 60.5 Å². The van der Waals surface area contributed by atoms with Crippen LogP contribution in [0.15, 0.2) is 0 Å². The van der Waals surface area contributed by atoms with Crippen LogP contribution < -0.4 is 0 Å². The molecule has 0 amide bonds. The maximum absolute atomic E-state index is 12.4. The average Bonchev–Trinajstić information content (AvgIpc) is 3.42. The lowest BCUT2D eigenvalue weighted by Crippen LogP contribution is -2.36. The molecule has 6 unspecified atom stereocenters. The Balaban J connectivity index is 1.67. The zero-order valence-electron chi connectivity index (χ0n) is 22.3. The lowest BCUT2D eigenvalue weighted by Gasteiger charge is -2.19. The largest absolute Gasteiger partial charge is 0.462 e. The topological polar surface area (TPSA) is 164 Å². The van der Waals surface area contributed by atoms with Crippen molar-refractivity contribution in [3.05, 3.63) is 0 Å². The molecule has 38 heavy (non-hydrogen) atoms. The Labute approximate surface area is 223 Å². The standard InChI is InChI=1S/C26H42O12/c1-17(35-21(29)9-5-3-7-11-27)13-23(31)37-19-15-33-26-20(16-34-25(19)26)38-24(32)14-18(2)36-22(30)10-6-4-8-12-28/h17-20,25-28H,3-16H2,1-2H3. The number of esters is 4. The smallest absolute Gasteiger partial charge is 0.309 e. The van der Waals surface area contributed by atoms with Gasteiger partial charge in [0.05, 0.1) is 26.1 Å². The lowest BCUT2D eigenvalue weighted by molar-refractivity contribution is -0.160. The van der Waals surface area contributed by atoms with Gasteiger partial charge in [0.25, 0.3) is 0 Å². The zero-order valence-corrected chi connectivity index (χ0v) is 22.3. The van der Waals surface area contributed by atoms with Crippen molar-refractivity contribution in [3.63, 3.8) is 0 Å². The molecule has 12 heteroatoms. The molecule has 0 aliphatic carbocycles. The SMILES string of the molecule is CC(CC(=O)OC1COC2C(OC(=O)CC(C)OC(=O)CCCCCO)COC12)OC(=O)CCCCCO. The van der Waals surface area contributed by atoms with E-state index in [0.29, 0.717) is 25.7 Å². The highest BCUT2D eigenvalue weighted by atomic mass is 16.7. The van der Waals surface area contributed by atoms with Gasteiger partial charge in [-0.25, -0.2) is 0 Å². The van der Waals surface area contributed by atoms with Gasteiger partial charge in [-0.15, -0.1) is 0 Å². The third-order valence-electron chi connectivity index (χ3n) is 6.18. The summed E-state index contributed by atoms with van der Waals surface area (Å²) in [5.74, 6) is -1.93. The molecular weight excluding hydrogens is 504 g/mol. The van der Waals surface area contributed by atoms with Gasteiger partial charge < -0.3 is 38.6 Å². The van der Waals surface area contributed by atoms with Gasteiger partial charge >= 0.3 is 23.9 Å². The van der Waals surface area contributed by atoms with E-state index in [-0.39, 0.29) is 52.1 Å². The number of carbonyl (C=O) groups excluding carboxylic acids is 4. The first-order valence-corrected chi connectivity index (χ1v) is 13.5. The van der Waals surface area contributed by atoms with Crippen LogP contribution >= 0.6 is 0 Å². The third-order valence-corrected chi connectivity index (χ3v) is 6.18. The summed E-state index contributed by atoms with van der Waals surface area (Å²) in [7, 11) is 0. The van der Waals surface area contributed by atoms with Gasteiger partial charge in [-0.05, 0) is 39.5 Å². The predicted octanol–water partition coefficient (Wildman–Crippen LogP) is 1.36. The highest BCUT2D eigenvalue weighted by Crippen LogP contribution is 2.31. The minimum atomic E-state index is -0.678. The highest BCUT2D eigenvalue weighted by Gasteiger charge is 2.51. The van der Waals surface area contributed by atoms with Crippen molar-refractivity contribution >= 4 is 23.9 Å². The number of aliphatic hydroxyl groups excluding tert-OH is 2. The van der Waals surface area contributed by atoms with Crippen molar-refractivity contribution in [1.29, 1.82) is 0 Å². The lowest BCUT2D eigenvalue weighted by atomic mass is 10.1. The van der Waals surface area contributed by atoms with Crippen molar-refractivity contribution in [2.24, 2.45) is 0 Å². The Kier molecular flexibility index (Phi) is 14.6. The van der Waals surface area contributed by atoms with Gasteiger partial charge in [-0.3, -0.25) is 19.2 Å². The highest BCUT2D eigenvalue weighted by molar-refractivity contribution is 5.73. The molecule has 2 aliphatic rings. The first-order valence-electron chi connectivity index (χ1n) is 13.5. The summed E-state index contributed by atoms with van der Waals surface area (Å²) in [6.07, 6.45) is 0.300. The van der Waals surface area contributed by atoms with E-state index in [2.05, 4.69) is 0 Å². The van der Waals surface area contributed by atoms with E-state index in [1.807, 2.05) is 0 Å². The molecule has 6 atom stereocenters. The molecule has 0 radical (unpaired) electrons. The Bertz CT molecular complexity index is 695. The number of ether oxygens (including phenoxy) is 6. The number of rotatable bonds is 18. The fourth-order valence-corrected chi connectivity index (χ4v) is 4.30. The molecule has 0 spiro atoms. The molecule has 0 bridgehead atoms. The first-order chi connectivity index (χ1) is 18.2. The normalized spacial score (nSPS) is 23.8. The Hall–Kier alpha value is -2.28. The molecular formula is C26H42O12. The second kappa shape index (κ2) is 17.3. The quantitative estimate of drug-likeness (QED) is 0.144. The van der Waals surface area contributed by atoms with Crippen molar-refractivity contribution < 1.29 is 57.8 Å². The van der Waals surface area contributed by atoms with Crippen LogP contribution in [0.25, 0.3) is 0 Å². The number of unbranched alkanes of at least 4 members (excludes halogenated alkanes) is 4. The maximum atomic E-state index is 12.4. The number of hydrogen-bond acceptors (Lipinski definition) is 12. The summed E-state index contributed by atoms with van der Waals surface area (Å²) in [4.78, 5) is 48.4. The molecule has 0 saturated carbocycles. The molecule has 12 nitrogen and oxygen atoms in total. The molecule has 2 fully saturated rings. The summed E-state index contributed by atoms with van der Waals surface area (Å²) in [6, 6.07) is 0. The fraction of sp³-hybridized carbons (Fsp3) is 0.846. The predicted molar refractivity (Wildman–Crippen MR) is 131 cm³/mol. The molecule has 2 rings (SSSR count). The first kappa shape index (κ1) is 31.9. The van der Waals surface area contributed by atoms with Crippen LogP contribution in [0.5, 0.6) is 0 Å². The van der Waals surface area contributed by atoms with E-state index in [0.717, 1.165) is 12.8 Å². The third kappa shape index (κ3) is 11.6. The fourth-order valence-electron chi connectivity index (χ4n) is 4.30. The number of fused-ring (bicyclic) bond motifs is 1.